The number of hydrogen-bond acceptors (Lipinski definition) is 3. The third-order valence-corrected chi connectivity index (χ3v) is 3.53. The fraction of sp³-hybridized carbons (Fsp3) is 0.214. The highest BCUT2D eigenvalue weighted by Gasteiger charge is 2.18. The van der Waals surface area contributed by atoms with Crippen molar-refractivity contribution in [1.82, 2.24) is 19.2 Å². The van der Waals surface area contributed by atoms with E-state index in [0.717, 1.165) is 15.5 Å². The normalized spacial score (nSPS) is 11.5. The van der Waals surface area contributed by atoms with Gasteiger partial charge in [0.1, 0.15) is 0 Å². The van der Waals surface area contributed by atoms with E-state index in [9.17, 15) is 13.6 Å². The van der Waals surface area contributed by atoms with Crippen LogP contribution in [0.15, 0.2) is 35.4 Å². The summed E-state index contributed by atoms with van der Waals surface area (Å²) in [5.41, 5.74) is 2.08. The second-order valence-corrected chi connectivity index (χ2v) is 4.74. The number of alkyl halides is 2. The molecule has 3 rings (SSSR count). The Hall–Kier alpha value is -2.57. The van der Waals surface area contributed by atoms with Crippen molar-refractivity contribution in [3.8, 4) is 5.69 Å². The van der Waals surface area contributed by atoms with Crippen LogP contribution in [0.25, 0.3) is 11.3 Å². The molecule has 2 aromatic heterocycles. The molecule has 0 N–H and O–H groups in total. The van der Waals surface area contributed by atoms with E-state index in [1.807, 2.05) is 26.0 Å². The zero-order chi connectivity index (χ0) is 15.1. The minimum Gasteiger partial charge on any atom is -0.279 e. The van der Waals surface area contributed by atoms with E-state index in [-0.39, 0.29) is 5.65 Å². The van der Waals surface area contributed by atoms with E-state index in [1.54, 1.807) is 6.07 Å². The number of aryl methyl sites for hydroxylation is 1. The molecule has 0 aliphatic heterocycles. The molecular formula is C14H12F2N4O. The van der Waals surface area contributed by atoms with Crippen molar-refractivity contribution in [3.05, 3.63) is 57.9 Å². The Bertz CT molecular complexity index is 882. The van der Waals surface area contributed by atoms with Gasteiger partial charge in [-0.15, -0.1) is 10.2 Å². The first-order valence-corrected chi connectivity index (χ1v) is 6.31. The summed E-state index contributed by atoms with van der Waals surface area (Å²) in [5.74, 6) is -0.532. The summed E-state index contributed by atoms with van der Waals surface area (Å²) in [6.07, 6.45) is 0.0442. The molecule has 3 aromatic rings. The Morgan fingerprint density at radius 1 is 1.14 bits per heavy atom. The van der Waals surface area contributed by atoms with Crippen LogP contribution in [0, 0.1) is 13.8 Å². The lowest BCUT2D eigenvalue weighted by molar-refractivity contribution is 0.139. The van der Waals surface area contributed by atoms with Gasteiger partial charge in [0.05, 0.1) is 5.69 Å². The number of aromatic nitrogens is 4. The number of hydrogen-bond donors (Lipinski definition) is 0. The third-order valence-electron chi connectivity index (χ3n) is 3.53. The molecule has 7 heteroatoms. The molecule has 0 unspecified atom stereocenters. The molecule has 0 bridgehead atoms. The first kappa shape index (κ1) is 13.4. The van der Waals surface area contributed by atoms with Crippen molar-refractivity contribution < 1.29 is 8.78 Å². The first-order valence-electron chi connectivity index (χ1n) is 6.31. The summed E-state index contributed by atoms with van der Waals surface area (Å²) in [6.45, 7) is 3.84. The molecule has 1 aromatic carbocycles. The quantitative estimate of drug-likeness (QED) is 0.728. The molecule has 5 nitrogen and oxygen atoms in total. The summed E-state index contributed by atoms with van der Waals surface area (Å²) in [5, 5.41) is 6.96. The molecule has 0 atom stereocenters. The Kier molecular flexibility index (Phi) is 3.04. The number of rotatable bonds is 2. The van der Waals surface area contributed by atoms with Gasteiger partial charge in [-0.25, -0.2) is 8.78 Å². The fourth-order valence-electron chi connectivity index (χ4n) is 2.24. The third kappa shape index (κ3) is 2.01. The topological polar surface area (TPSA) is 52.2 Å². The van der Waals surface area contributed by atoms with Gasteiger partial charge >= 0.3 is 5.56 Å². The summed E-state index contributed by atoms with van der Waals surface area (Å²) >= 11 is 0. The largest absolute Gasteiger partial charge is 0.300 e. The minimum absolute atomic E-state index is 0.117. The van der Waals surface area contributed by atoms with Crippen LogP contribution in [-0.2, 0) is 0 Å². The summed E-state index contributed by atoms with van der Waals surface area (Å²) < 4.78 is 28.0. The smallest absolute Gasteiger partial charge is 0.279 e. The van der Waals surface area contributed by atoms with Crippen LogP contribution in [0.1, 0.15) is 23.4 Å². The lowest BCUT2D eigenvalue weighted by Crippen LogP contribution is -2.21. The van der Waals surface area contributed by atoms with Gasteiger partial charge in [-0.3, -0.25) is 13.8 Å². The standard InChI is InChI=1S/C14H12F2N4O/c1-8-4-3-5-10(9(8)2)19-6-7-20-12(11(15)16)17-18-13(20)14(19)21/h3-7,11H,1-2H3. The Morgan fingerprint density at radius 2 is 1.90 bits per heavy atom. The van der Waals surface area contributed by atoms with Gasteiger partial charge in [0.25, 0.3) is 6.43 Å². The molecule has 0 saturated heterocycles. The fourth-order valence-corrected chi connectivity index (χ4v) is 2.24. The Labute approximate surface area is 118 Å². The van der Waals surface area contributed by atoms with Gasteiger partial charge in [0, 0.05) is 12.4 Å². The van der Waals surface area contributed by atoms with E-state index in [2.05, 4.69) is 10.2 Å². The lowest BCUT2D eigenvalue weighted by Gasteiger charge is -2.11. The molecule has 21 heavy (non-hydrogen) atoms. The SMILES string of the molecule is Cc1cccc(-n2ccn3c(C(F)F)nnc3c2=O)c1C. The van der Waals surface area contributed by atoms with Gasteiger partial charge < -0.3 is 0 Å². The maximum atomic E-state index is 12.8. The van der Waals surface area contributed by atoms with Crippen LogP contribution >= 0.6 is 0 Å². The van der Waals surface area contributed by atoms with Crippen molar-refractivity contribution in [2.45, 2.75) is 20.3 Å². The first-order chi connectivity index (χ1) is 10.0. The Morgan fingerprint density at radius 3 is 2.62 bits per heavy atom. The van der Waals surface area contributed by atoms with Gasteiger partial charge in [-0.2, -0.15) is 0 Å². The minimum atomic E-state index is -2.78. The predicted molar refractivity (Wildman–Crippen MR) is 73.0 cm³/mol. The molecular weight excluding hydrogens is 278 g/mol. The number of benzene rings is 1. The van der Waals surface area contributed by atoms with Gasteiger partial charge in [-0.05, 0) is 31.0 Å². The molecule has 0 aliphatic rings. The maximum absolute atomic E-state index is 12.8. The van der Waals surface area contributed by atoms with E-state index < -0.39 is 17.8 Å². The van der Waals surface area contributed by atoms with Gasteiger partial charge in [0.2, 0.25) is 11.5 Å². The second kappa shape index (κ2) is 4.76. The summed E-state index contributed by atoms with van der Waals surface area (Å²) in [7, 11) is 0. The molecule has 0 amide bonds. The van der Waals surface area contributed by atoms with Crippen molar-refractivity contribution in [2.24, 2.45) is 0 Å². The number of halogens is 2. The highest BCUT2D eigenvalue weighted by molar-refractivity contribution is 5.47. The molecule has 0 spiro atoms. The van der Waals surface area contributed by atoms with Crippen LogP contribution in [0.5, 0.6) is 0 Å². The van der Waals surface area contributed by atoms with Crippen molar-refractivity contribution in [3.63, 3.8) is 0 Å². The van der Waals surface area contributed by atoms with Crippen molar-refractivity contribution >= 4 is 5.65 Å². The molecule has 0 aliphatic carbocycles. The number of nitrogens with zero attached hydrogens (tertiary/aromatic N) is 4. The van der Waals surface area contributed by atoms with Gasteiger partial charge in [0.15, 0.2) is 0 Å². The average Bonchev–Trinajstić information content (AvgIpc) is 2.88. The monoisotopic (exact) mass is 290 g/mol. The van der Waals surface area contributed by atoms with Crippen LogP contribution in [0.3, 0.4) is 0 Å². The van der Waals surface area contributed by atoms with Crippen molar-refractivity contribution in [2.75, 3.05) is 0 Å². The molecule has 0 fully saturated rings. The van der Waals surface area contributed by atoms with Crippen molar-refractivity contribution in [1.29, 1.82) is 0 Å². The van der Waals surface area contributed by atoms with Crippen LogP contribution in [-0.4, -0.2) is 19.2 Å². The van der Waals surface area contributed by atoms with E-state index in [4.69, 9.17) is 0 Å². The molecule has 108 valence electrons. The van der Waals surface area contributed by atoms with Crippen LogP contribution in [0.2, 0.25) is 0 Å². The Balaban J connectivity index is 2.29. The molecule has 0 saturated carbocycles. The summed E-state index contributed by atoms with van der Waals surface area (Å²) in [6, 6.07) is 5.57. The lowest BCUT2D eigenvalue weighted by atomic mass is 10.1. The van der Waals surface area contributed by atoms with Crippen LogP contribution < -0.4 is 5.56 Å². The van der Waals surface area contributed by atoms with E-state index >= 15 is 0 Å². The van der Waals surface area contributed by atoms with E-state index in [1.165, 1.54) is 17.0 Å². The predicted octanol–water partition coefficient (Wildman–Crippen LogP) is 2.43. The summed E-state index contributed by atoms with van der Waals surface area (Å²) in [4.78, 5) is 12.4. The average molecular weight is 290 g/mol. The highest BCUT2D eigenvalue weighted by atomic mass is 19.3. The molecule has 2 heterocycles. The zero-order valence-corrected chi connectivity index (χ0v) is 11.4. The highest BCUT2D eigenvalue weighted by Crippen LogP contribution is 2.18. The second-order valence-electron chi connectivity index (χ2n) is 4.74. The zero-order valence-electron chi connectivity index (χ0n) is 11.4. The van der Waals surface area contributed by atoms with Gasteiger partial charge in [-0.1, -0.05) is 12.1 Å². The van der Waals surface area contributed by atoms with E-state index in [0.29, 0.717) is 5.69 Å². The molecule has 0 radical (unpaired) electrons. The van der Waals surface area contributed by atoms with Crippen LogP contribution in [0.4, 0.5) is 8.78 Å². The number of fused-ring (bicyclic) bond motifs is 1. The maximum Gasteiger partial charge on any atom is 0.300 e.